The molecular weight excluding hydrogens is 340 g/mol. The van der Waals surface area contributed by atoms with Crippen molar-refractivity contribution in [2.75, 3.05) is 24.5 Å². The molecule has 1 aliphatic carbocycles. The second-order valence-corrected chi connectivity index (χ2v) is 7.29. The summed E-state index contributed by atoms with van der Waals surface area (Å²) in [5.41, 5.74) is 4.98. The summed E-state index contributed by atoms with van der Waals surface area (Å²) in [5, 5.41) is 5.97. The van der Waals surface area contributed by atoms with Crippen LogP contribution < -0.4 is 15.5 Å². The van der Waals surface area contributed by atoms with E-state index < -0.39 is 0 Å². The highest BCUT2D eigenvalue weighted by atomic mass is 16.2. The number of benzene rings is 1. The fraction of sp³-hybridized carbons (Fsp3) is 0.381. The number of carbonyl (C=O) groups is 2. The summed E-state index contributed by atoms with van der Waals surface area (Å²) in [6.07, 6.45) is 4.70. The Morgan fingerprint density at radius 1 is 1.30 bits per heavy atom. The van der Waals surface area contributed by atoms with Crippen molar-refractivity contribution in [2.24, 2.45) is 0 Å². The summed E-state index contributed by atoms with van der Waals surface area (Å²) >= 11 is 0. The van der Waals surface area contributed by atoms with Crippen molar-refractivity contribution in [3.05, 3.63) is 58.9 Å². The van der Waals surface area contributed by atoms with Crippen LogP contribution in [0.25, 0.3) is 0 Å². The maximum atomic E-state index is 12.8. The lowest BCUT2D eigenvalue weighted by Gasteiger charge is -2.29. The maximum absolute atomic E-state index is 12.8. The van der Waals surface area contributed by atoms with Gasteiger partial charge in [0.25, 0.3) is 5.91 Å². The Hall–Kier alpha value is -2.89. The van der Waals surface area contributed by atoms with Gasteiger partial charge in [-0.1, -0.05) is 23.8 Å². The molecule has 2 heterocycles. The number of rotatable bonds is 3. The van der Waals surface area contributed by atoms with E-state index in [4.69, 9.17) is 0 Å². The van der Waals surface area contributed by atoms with Crippen molar-refractivity contribution >= 4 is 17.5 Å². The molecule has 1 aromatic heterocycles. The normalized spacial score (nSPS) is 19.2. The zero-order chi connectivity index (χ0) is 18.8. The van der Waals surface area contributed by atoms with Crippen LogP contribution in [0.4, 0.5) is 5.69 Å². The second-order valence-electron chi connectivity index (χ2n) is 7.29. The minimum atomic E-state index is -0.169. The largest absolute Gasteiger partial charge is 0.360 e. The Labute approximate surface area is 159 Å². The number of aryl methyl sites for hydroxylation is 2. The van der Waals surface area contributed by atoms with Crippen molar-refractivity contribution < 1.29 is 9.59 Å². The third-order valence-electron chi connectivity index (χ3n) is 5.30. The number of aromatic nitrogens is 1. The molecule has 6 heteroatoms. The van der Waals surface area contributed by atoms with Crippen LogP contribution in [0.3, 0.4) is 0 Å². The van der Waals surface area contributed by atoms with Gasteiger partial charge in [0, 0.05) is 25.0 Å². The molecule has 1 atom stereocenters. The molecule has 140 valence electrons. The number of fused-ring (bicyclic) bond motifs is 1. The number of amides is 2. The first-order valence-electron chi connectivity index (χ1n) is 9.48. The number of anilines is 1. The fourth-order valence-corrected chi connectivity index (χ4v) is 3.90. The molecular formula is C21H24N4O2. The molecule has 0 saturated carbocycles. The van der Waals surface area contributed by atoms with Gasteiger partial charge in [-0.3, -0.25) is 14.6 Å². The van der Waals surface area contributed by atoms with Gasteiger partial charge < -0.3 is 15.5 Å². The molecule has 2 aliphatic rings. The molecule has 2 aromatic rings. The third kappa shape index (κ3) is 3.79. The predicted molar refractivity (Wildman–Crippen MR) is 104 cm³/mol. The molecule has 0 radical (unpaired) electrons. The molecule has 1 aliphatic heterocycles. The van der Waals surface area contributed by atoms with Crippen LogP contribution >= 0.6 is 0 Å². The average Bonchev–Trinajstić information content (AvgIpc) is 2.68. The van der Waals surface area contributed by atoms with E-state index in [-0.39, 0.29) is 17.9 Å². The van der Waals surface area contributed by atoms with Gasteiger partial charge in [-0.2, -0.15) is 0 Å². The standard InChI is InChI=1S/C21H24N4O2/c1-14-5-6-15-3-2-4-18(17(15)11-14)24-21(27)19-12-16(7-8-22-19)25-10-9-23-20(26)13-25/h5-8,11-12,18H,2-4,9-10,13H2,1H3,(H,23,26)(H,24,27)/t18-/m0/s1. The van der Waals surface area contributed by atoms with Crippen LogP contribution in [-0.2, 0) is 11.2 Å². The molecule has 1 fully saturated rings. The fourth-order valence-electron chi connectivity index (χ4n) is 3.90. The highest BCUT2D eigenvalue weighted by Gasteiger charge is 2.23. The zero-order valence-corrected chi connectivity index (χ0v) is 15.5. The minimum Gasteiger partial charge on any atom is -0.360 e. The van der Waals surface area contributed by atoms with E-state index in [2.05, 4.69) is 40.7 Å². The van der Waals surface area contributed by atoms with Gasteiger partial charge in [0.2, 0.25) is 5.91 Å². The molecule has 0 spiro atoms. The molecule has 0 unspecified atom stereocenters. The summed E-state index contributed by atoms with van der Waals surface area (Å²) in [7, 11) is 0. The molecule has 27 heavy (non-hydrogen) atoms. The van der Waals surface area contributed by atoms with Gasteiger partial charge >= 0.3 is 0 Å². The first kappa shape index (κ1) is 17.5. The van der Waals surface area contributed by atoms with E-state index in [1.165, 1.54) is 16.7 Å². The number of nitrogens with one attached hydrogen (secondary N) is 2. The van der Waals surface area contributed by atoms with Crippen molar-refractivity contribution in [1.29, 1.82) is 0 Å². The van der Waals surface area contributed by atoms with Gasteiger partial charge in [-0.15, -0.1) is 0 Å². The maximum Gasteiger partial charge on any atom is 0.270 e. The van der Waals surface area contributed by atoms with Crippen molar-refractivity contribution in [2.45, 2.75) is 32.2 Å². The second kappa shape index (κ2) is 7.39. The lowest BCUT2D eigenvalue weighted by molar-refractivity contribution is -0.120. The van der Waals surface area contributed by atoms with Gasteiger partial charge in [0.1, 0.15) is 5.69 Å². The number of nitrogens with zero attached hydrogens (tertiary/aromatic N) is 2. The lowest BCUT2D eigenvalue weighted by Crippen LogP contribution is -2.47. The Morgan fingerprint density at radius 3 is 3.04 bits per heavy atom. The van der Waals surface area contributed by atoms with E-state index in [0.717, 1.165) is 31.5 Å². The Morgan fingerprint density at radius 2 is 2.19 bits per heavy atom. The first-order chi connectivity index (χ1) is 13.1. The van der Waals surface area contributed by atoms with Gasteiger partial charge in [-0.05, 0) is 49.4 Å². The summed E-state index contributed by atoms with van der Waals surface area (Å²) < 4.78 is 0. The number of pyridine rings is 1. The Balaban J connectivity index is 1.52. The van der Waals surface area contributed by atoms with Crippen LogP contribution in [0, 0.1) is 6.92 Å². The predicted octanol–water partition coefficient (Wildman–Crippen LogP) is 2.13. The van der Waals surface area contributed by atoms with E-state index >= 15 is 0 Å². The molecule has 2 N–H and O–H groups in total. The smallest absolute Gasteiger partial charge is 0.270 e. The number of carbonyl (C=O) groups excluding carboxylic acids is 2. The van der Waals surface area contributed by atoms with E-state index in [1.807, 2.05) is 11.0 Å². The summed E-state index contributed by atoms with van der Waals surface area (Å²) in [6, 6.07) is 10.1. The highest BCUT2D eigenvalue weighted by molar-refractivity contribution is 5.93. The van der Waals surface area contributed by atoms with Crippen LogP contribution in [-0.4, -0.2) is 36.4 Å². The number of hydrogen-bond donors (Lipinski definition) is 2. The zero-order valence-electron chi connectivity index (χ0n) is 15.5. The van der Waals surface area contributed by atoms with Crippen molar-refractivity contribution in [3.8, 4) is 0 Å². The van der Waals surface area contributed by atoms with E-state index in [0.29, 0.717) is 18.8 Å². The van der Waals surface area contributed by atoms with Crippen LogP contribution in [0.5, 0.6) is 0 Å². The first-order valence-corrected chi connectivity index (χ1v) is 9.48. The monoisotopic (exact) mass is 364 g/mol. The van der Waals surface area contributed by atoms with Gasteiger partial charge in [0.15, 0.2) is 0 Å². The summed E-state index contributed by atoms with van der Waals surface area (Å²) in [6.45, 7) is 3.72. The van der Waals surface area contributed by atoms with E-state index in [9.17, 15) is 9.59 Å². The topological polar surface area (TPSA) is 74.3 Å². The highest BCUT2D eigenvalue weighted by Crippen LogP contribution is 2.30. The molecule has 1 aromatic carbocycles. The van der Waals surface area contributed by atoms with Gasteiger partial charge in [0.05, 0.1) is 12.6 Å². The van der Waals surface area contributed by atoms with Crippen molar-refractivity contribution in [1.82, 2.24) is 15.6 Å². The summed E-state index contributed by atoms with van der Waals surface area (Å²) in [5.74, 6) is -0.170. The molecule has 4 rings (SSSR count). The average molecular weight is 364 g/mol. The number of piperazine rings is 1. The molecule has 6 nitrogen and oxygen atoms in total. The third-order valence-corrected chi connectivity index (χ3v) is 5.30. The van der Waals surface area contributed by atoms with Crippen LogP contribution in [0.1, 0.15) is 46.1 Å². The molecule has 0 bridgehead atoms. The van der Waals surface area contributed by atoms with Crippen LogP contribution in [0.2, 0.25) is 0 Å². The van der Waals surface area contributed by atoms with E-state index in [1.54, 1.807) is 12.3 Å². The minimum absolute atomic E-state index is 0.00162. The Bertz CT molecular complexity index is 880. The van der Waals surface area contributed by atoms with Gasteiger partial charge in [-0.25, -0.2) is 0 Å². The Kier molecular flexibility index (Phi) is 4.79. The van der Waals surface area contributed by atoms with Crippen molar-refractivity contribution in [3.63, 3.8) is 0 Å². The quantitative estimate of drug-likeness (QED) is 0.875. The summed E-state index contributed by atoms with van der Waals surface area (Å²) in [4.78, 5) is 30.7. The van der Waals surface area contributed by atoms with Crippen LogP contribution in [0.15, 0.2) is 36.5 Å². The molecule has 2 amide bonds. The molecule has 1 saturated heterocycles. The SMILES string of the molecule is Cc1ccc2c(c1)[C@@H](NC(=O)c1cc(N3CCNC(=O)C3)ccn1)CCC2. The number of hydrogen-bond acceptors (Lipinski definition) is 4. The lowest BCUT2D eigenvalue weighted by atomic mass is 9.86.